The van der Waals surface area contributed by atoms with Crippen LogP contribution in [0.15, 0.2) is 6.20 Å². The molecule has 1 unspecified atom stereocenters. The minimum absolute atomic E-state index is 0.423. The number of hydrogen-bond acceptors (Lipinski definition) is 4. The van der Waals surface area contributed by atoms with Gasteiger partial charge in [-0.05, 0) is 19.3 Å². The maximum Gasteiger partial charge on any atom is 0.135 e. The van der Waals surface area contributed by atoms with Gasteiger partial charge < -0.3 is 15.2 Å². The lowest BCUT2D eigenvalue weighted by Crippen LogP contribution is -2.39. The van der Waals surface area contributed by atoms with Crippen molar-refractivity contribution in [1.82, 2.24) is 10.2 Å². The van der Waals surface area contributed by atoms with E-state index in [-0.39, 0.29) is 0 Å². The highest BCUT2D eigenvalue weighted by molar-refractivity contribution is 5.44. The Hall–Kier alpha value is -1.07. The van der Waals surface area contributed by atoms with Gasteiger partial charge in [-0.3, -0.25) is 5.10 Å². The highest BCUT2D eigenvalue weighted by Crippen LogP contribution is 2.36. The van der Waals surface area contributed by atoms with Gasteiger partial charge in [0.15, 0.2) is 0 Å². The maximum absolute atomic E-state index is 5.86. The predicted molar refractivity (Wildman–Crippen MR) is 56.4 cm³/mol. The van der Waals surface area contributed by atoms with E-state index in [2.05, 4.69) is 10.2 Å². The Morgan fingerprint density at radius 3 is 3.07 bits per heavy atom. The second kappa shape index (κ2) is 4.20. The number of rotatable bonds is 3. The van der Waals surface area contributed by atoms with Crippen molar-refractivity contribution in [1.29, 1.82) is 0 Å². The lowest BCUT2D eigenvalue weighted by Gasteiger charge is -2.36. The summed E-state index contributed by atoms with van der Waals surface area (Å²) in [5, 5.41) is 6.86. The zero-order chi connectivity index (χ0) is 10.7. The van der Waals surface area contributed by atoms with Gasteiger partial charge in [0, 0.05) is 13.7 Å². The average molecular weight is 211 g/mol. The van der Waals surface area contributed by atoms with E-state index in [9.17, 15) is 0 Å². The molecule has 1 aromatic rings. The molecule has 1 fully saturated rings. The number of nitrogens with one attached hydrogen (secondary N) is 1. The van der Waals surface area contributed by atoms with Crippen LogP contribution in [0, 0.1) is 0 Å². The molecule has 1 aliphatic rings. The highest BCUT2D eigenvalue weighted by atomic mass is 16.5. The number of hydrogen-bond donors (Lipinski definition) is 2. The third kappa shape index (κ3) is 1.85. The Balaban J connectivity index is 2.29. The Morgan fingerprint density at radius 1 is 1.67 bits per heavy atom. The second-order valence-electron chi connectivity index (χ2n) is 3.93. The molecule has 5 heteroatoms. The van der Waals surface area contributed by atoms with E-state index in [0.717, 1.165) is 31.6 Å². The highest BCUT2D eigenvalue weighted by Gasteiger charge is 2.38. The number of H-pyrrole nitrogens is 1. The van der Waals surface area contributed by atoms with Gasteiger partial charge in [-0.15, -0.1) is 0 Å². The van der Waals surface area contributed by atoms with Crippen molar-refractivity contribution in [2.75, 3.05) is 26.1 Å². The molecule has 1 atom stereocenters. The third-order valence-electron chi connectivity index (χ3n) is 2.86. The summed E-state index contributed by atoms with van der Waals surface area (Å²) >= 11 is 0. The number of nitrogens with zero attached hydrogens (tertiary/aromatic N) is 1. The van der Waals surface area contributed by atoms with Crippen molar-refractivity contribution >= 4 is 5.69 Å². The molecule has 5 nitrogen and oxygen atoms in total. The lowest BCUT2D eigenvalue weighted by atomic mass is 9.90. The van der Waals surface area contributed by atoms with Crippen LogP contribution in [0.2, 0.25) is 0 Å². The summed E-state index contributed by atoms with van der Waals surface area (Å²) in [5.74, 6) is 0. The zero-order valence-corrected chi connectivity index (χ0v) is 8.95. The Morgan fingerprint density at radius 2 is 2.53 bits per heavy atom. The second-order valence-corrected chi connectivity index (χ2v) is 3.93. The number of aromatic nitrogens is 2. The first kappa shape index (κ1) is 10.4. The van der Waals surface area contributed by atoms with Gasteiger partial charge in [-0.1, -0.05) is 0 Å². The van der Waals surface area contributed by atoms with Crippen molar-refractivity contribution in [3.8, 4) is 0 Å². The van der Waals surface area contributed by atoms with Gasteiger partial charge in [0.25, 0.3) is 0 Å². The third-order valence-corrected chi connectivity index (χ3v) is 2.86. The fraction of sp³-hybridized carbons (Fsp3) is 0.700. The molecule has 1 saturated heterocycles. The van der Waals surface area contributed by atoms with Crippen LogP contribution in [-0.2, 0) is 15.1 Å². The summed E-state index contributed by atoms with van der Waals surface area (Å²) in [7, 11) is 1.67. The average Bonchev–Trinajstić information content (AvgIpc) is 2.67. The van der Waals surface area contributed by atoms with E-state index < -0.39 is 5.60 Å². The standard InChI is InChI=1S/C10H17N3O2/c1-14-7-10(4-2-3-5-15-10)9-8(11)6-12-13-9/h6H,2-5,7,11H2,1H3,(H,12,13). The molecule has 84 valence electrons. The Bertz CT molecular complexity index is 313. The first-order valence-corrected chi connectivity index (χ1v) is 5.21. The smallest absolute Gasteiger partial charge is 0.135 e. The molecule has 3 N–H and O–H groups in total. The summed E-state index contributed by atoms with van der Waals surface area (Å²) in [6, 6.07) is 0. The number of aromatic amines is 1. The fourth-order valence-corrected chi connectivity index (χ4v) is 2.13. The SMILES string of the molecule is COCC1(c2[nH]ncc2N)CCCCO1. The summed E-state index contributed by atoms with van der Waals surface area (Å²) in [6.45, 7) is 1.27. The normalized spacial score (nSPS) is 26.7. The van der Waals surface area contributed by atoms with Gasteiger partial charge in [0.05, 0.1) is 24.2 Å². The number of methoxy groups -OCH3 is 1. The van der Waals surface area contributed by atoms with Gasteiger partial charge in [0.1, 0.15) is 5.60 Å². The molecule has 0 aliphatic carbocycles. The van der Waals surface area contributed by atoms with E-state index in [1.807, 2.05) is 0 Å². The Kier molecular flexibility index (Phi) is 2.93. The van der Waals surface area contributed by atoms with Crippen LogP contribution in [0.4, 0.5) is 5.69 Å². The molecular weight excluding hydrogens is 194 g/mol. The van der Waals surface area contributed by atoms with Crippen LogP contribution >= 0.6 is 0 Å². The quantitative estimate of drug-likeness (QED) is 0.783. The molecule has 1 aromatic heterocycles. The molecule has 0 spiro atoms. The van der Waals surface area contributed by atoms with Crippen molar-refractivity contribution in [2.45, 2.75) is 24.9 Å². The van der Waals surface area contributed by atoms with Crippen molar-refractivity contribution < 1.29 is 9.47 Å². The molecule has 15 heavy (non-hydrogen) atoms. The van der Waals surface area contributed by atoms with Crippen LogP contribution in [0.3, 0.4) is 0 Å². The van der Waals surface area contributed by atoms with Crippen LogP contribution in [-0.4, -0.2) is 30.5 Å². The van der Waals surface area contributed by atoms with E-state index in [1.165, 1.54) is 0 Å². The van der Waals surface area contributed by atoms with Crippen molar-refractivity contribution in [2.24, 2.45) is 0 Å². The minimum Gasteiger partial charge on any atom is -0.396 e. The molecule has 0 saturated carbocycles. The van der Waals surface area contributed by atoms with Gasteiger partial charge >= 0.3 is 0 Å². The van der Waals surface area contributed by atoms with Crippen molar-refractivity contribution in [3.63, 3.8) is 0 Å². The monoisotopic (exact) mass is 211 g/mol. The summed E-state index contributed by atoms with van der Waals surface area (Å²) in [4.78, 5) is 0. The largest absolute Gasteiger partial charge is 0.396 e. The van der Waals surface area contributed by atoms with Gasteiger partial charge in [-0.2, -0.15) is 5.10 Å². The van der Waals surface area contributed by atoms with Crippen molar-refractivity contribution in [3.05, 3.63) is 11.9 Å². The summed E-state index contributed by atoms with van der Waals surface area (Å²) in [5.41, 5.74) is 6.93. The molecular formula is C10H17N3O2. The van der Waals surface area contributed by atoms with E-state index in [0.29, 0.717) is 12.3 Å². The number of nitrogen functional groups attached to an aromatic ring is 1. The number of nitrogens with two attached hydrogens (primary N) is 1. The summed E-state index contributed by atoms with van der Waals surface area (Å²) < 4.78 is 11.1. The van der Waals surface area contributed by atoms with Crippen LogP contribution in [0.1, 0.15) is 25.0 Å². The first-order chi connectivity index (χ1) is 7.28. The van der Waals surface area contributed by atoms with Gasteiger partial charge in [-0.25, -0.2) is 0 Å². The molecule has 1 aliphatic heterocycles. The van der Waals surface area contributed by atoms with E-state index in [4.69, 9.17) is 15.2 Å². The van der Waals surface area contributed by atoms with E-state index >= 15 is 0 Å². The molecule has 0 radical (unpaired) electrons. The van der Waals surface area contributed by atoms with Crippen LogP contribution in [0.5, 0.6) is 0 Å². The minimum atomic E-state index is -0.423. The number of ether oxygens (including phenoxy) is 2. The predicted octanol–water partition coefficient (Wildman–Crippen LogP) is 1.03. The molecule has 0 amide bonds. The molecule has 2 rings (SSSR count). The topological polar surface area (TPSA) is 73.2 Å². The van der Waals surface area contributed by atoms with Crippen LogP contribution < -0.4 is 5.73 Å². The zero-order valence-electron chi connectivity index (χ0n) is 8.95. The summed E-state index contributed by atoms with van der Waals surface area (Å²) in [6.07, 6.45) is 4.76. The van der Waals surface area contributed by atoms with E-state index in [1.54, 1.807) is 13.3 Å². The number of anilines is 1. The molecule has 0 bridgehead atoms. The van der Waals surface area contributed by atoms with Crippen LogP contribution in [0.25, 0.3) is 0 Å². The molecule has 2 heterocycles. The molecule has 0 aromatic carbocycles. The lowest BCUT2D eigenvalue weighted by molar-refractivity contribution is -0.123. The maximum atomic E-state index is 5.86. The first-order valence-electron chi connectivity index (χ1n) is 5.21. The Labute approximate surface area is 88.9 Å². The fourth-order valence-electron chi connectivity index (χ4n) is 2.13. The van der Waals surface area contributed by atoms with Gasteiger partial charge in [0.2, 0.25) is 0 Å².